The van der Waals surface area contributed by atoms with E-state index in [-0.39, 0.29) is 5.54 Å². The average Bonchev–Trinajstić information content (AvgIpc) is 2.20. The van der Waals surface area contributed by atoms with Crippen molar-refractivity contribution in [3.05, 3.63) is 24.3 Å². The Morgan fingerprint density at radius 3 is 2.77 bits per heavy atom. The zero-order valence-corrected chi connectivity index (χ0v) is 7.44. The van der Waals surface area contributed by atoms with Crippen LogP contribution in [-0.2, 0) is 10.3 Å². The van der Waals surface area contributed by atoms with Crippen LogP contribution in [0.15, 0.2) is 18.6 Å². The largest absolute Gasteiger partial charge is 0.381 e. The van der Waals surface area contributed by atoms with Crippen molar-refractivity contribution in [1.29, 1.82) is 0 Å². The van der Waals surface area contributed by atoms with E-state index in [1.54, 1.807) is 12.5 Å². The number of hydrogen-bond acceptors (Lipinski definition) is 4. The van der Waals surface area contributed by atoms with E-state index in [0.717, 1.165) is 31.7 Å². The van der Waals surface area contributed by atoms with Gasteiger partial charge in [0.05, 0.1) is 11.2 Å². The van der Waals surface area contributed by atoms with Crippen LogP contribution in [0.2, 0.25) is 0 Å². The molecule has 4 heteroatoms. The predicted molar refractivity (Wildman–Crippen MR) is 48.0 cm³/mol. The number of rotatable bonds is 1. The van der Waals surface area contributed by atoms with Gasteiger partial charge in [-0.2, -0.15) is 0 Å². The number of aromatic nitrogens is 2. The lowest BCUT2D eigenvalue weighted by molar-refractivity contribution is 0.0507. The summed E-state index contributed by atoms with van der Waals surface area (Å²) < 4.78 is 5.26. The van der Waals surface area contributed by atoms with Gasteiger partial charge in [0.25, 0.3) is 0 Å². The first-order valence-corrected chi connectivity index (χ1v) is 4.44. The first-order chi connectivity index (χ1) is 6.31. The lowest BCUT2D eigenvalue weighted by Crippen LogP contribution is -2.42. The molecule has 1 aliphatic heterocycles. The molecule has 70 valence electrons. The highest BCUT2D eigenvalue weighted by atomic mass is 16.5. The minimum Gasteiger partial charge on any atom is -0.381 e. The number of ether oxygens (including phenoxy) is 1. The van der Waals surface area contributed by atoms with Gasteiger partial charge >= 0.3 is 0 Å². The molecule has 0 radical (unpaired) electrons. The van der Waals surface area contributed by atoms with Gasteiger partial charge in [-0.25, -0.2) is 9.97 Å². The van der Waals surface area contributed by atoms with Crippen molar-refractivity contribution in [2.24, 2.45) is 5.73 Å². The monoisotopic (exact) mass is 179 g/mol. The first-order valence-electron chi connectivity index (χ1n) is 4.44. The zero-order chi connectivity index (χ0) is 9.15. The lowest BCUT2D eigenvalue weighted by atomic mass is 9.88. The molecule has 1 aromatic heterocycles. The van der Waals surface area contributed by atoms with Crippen LogP contribution in [0.25, 0.3) is 0 Å². The molecule has 0 unspecified atom stereocenters. The maximum absolute atomic E-state index is 6.21. The molecule has 0 aliphatic carbocycles. The Balaban J connectivity index is 2.23. The third-order valence-electron chi connectivity index (χ3n) is 2.48. The van der Waals surface area contributed by atoms with Crippen molar-refractivity contribution >= 4 is 0 Å². The summed E-state index contributed by atoms with van der Waals surface area (Å²) in [6.07, 6.45) is 4.94. The van der Waals surface area contributed by atoms with Crippen molar-refractivity contribution in [2.45, 2.75) is 18.4 Å². The first kappa shape index (κ1) is 8.59. The Morgan fingerprint density at radius 1 is 1.38 bits per heavy atom. The molecule has 1 saturated heterocycles. The van der Waals surface area contributed by atoms with Crippen LogP contribution in [0.5, 0.6) is 0 Å². The van der Waals surface area contributed by atoms with Gasteiger partial charge in [0.2, 0.25) is 0 Å². The molecule has 0 saturated carbocycles. The summed E-state index contributed by atoms with van der Waals surface area (Å²) in [4.78, 5) is 8.06. The fraction of sp³-hybridized carbons (Fsp3) is 0.556. The van der Waals surface area contributed by atoms with Gasteiger partial charge < -0.3 is 10.5 Å². The minimum absolute atomic E-state index is 0.304. The Morgan fingerprint density at radius 2 is 2.15 bits per heavy atom. The summed E-state index contributed by atoms with van der Waals surface area (Å²) >= 11 is 0. The average molecular weight is 179 g/mol. The highest BCUT2D eigenvalue weighted by molar-refractivity contribution is 5.13. The molecule has 2 heterocycles. The second-order valence-electron chi connectivity index (χ2n) is 3.36. The van der Waals surface area contributed by atoms with Gasteiger partial charge in [0.15, 0.2) is 0 Å². The second-order valence-corrected chi connectivity index (χ2v) is 3.36. The van der Waals surface area contributed by atoms with Gasteiger partial charge in [-0.05, 0) is 18.9 Å². The molecule has 1 aliphatic rings. The van der Waals surface area contributed by atoms with Crippen LogP contribution >= 0.6 is 0 Å². The standard InChI is InChI=1S/C9H13N3O/c10-9(2-5-13-6-3-9)8-1-4-11-7-12-8/h1,4,7H,2-3,5-6,10H2. The molecule has 1 fully saturated rings. The van der Waals surface area contributed by atoms with Gasteiger partial charge in [-0.1, -0.05) is 0 Å². The zero-order valence-electron chi connectivity index (χ0n) is 7.44. The van der Waals surface area contributed by atoms with Crippen LogP contribution in [0.1, 0.15) is 18.5 Å². The van der Waals surface area contributed by atoms with Crippen LogP contribution in [-0.4, -0.2) is 23.2 Å². The molecular formula is C9H13N3O. The summed E-state index contributed by atoms with van der Waals surface area (Å²) in [5.74, 6) is 0. The van der Waals surface area contributed by atoms with Gasteiger partial charge in [-0.3, -0.25) is 0 Å². The van der Waals surface area contributed by atoms with Crippen LogP contribution < -0.4 is 5.73 Å². The van der Waals surface area contributed by atoms with Gasteiger partial charge in [-0.15, -0.1) is 0 Å². The molecule has 1 aromatic rings. The molecule has 2 N–H and O–H groups in total. The number of hydrogen-bond donors (Lipinski definition) is 1. The molecule has 0 spiro atoms. The highest BCUT2D eigenvalue weighted by Crippen LogP contribution is 2.26. The smallest absolute Gasteiger partial charge is 0.115 e. The van der Waals surface area contributed by atoms with Gasteiger partial charge in [0, 0.05) is 19.4 Å². The maximum Gasteiger partial charge on any atom is 0.115 e. The van der Waals surface area contributed by atoms with Crippen molar-refractivity contribution in [3.8, 4) is 0 Å². The van der Waals surface area contributed by atoms with E-state index in [1.807, 2.05) is 6.07 Å². The Labute approximate surface area is 77.1 Å². The van der Waals surface area contributed by atoms with E-state index in [2.05, 4.69) is 9.97 Å². The van der Waals surface area contributed by atoms with E-state index in [1.165, 1.54) is 0 Å². The summed E-state index contributed by atoms with van der Waals surface area (Å²) in [5, 5.41) is 0. The van der Waals surface area contributed by atoms with Gasteiger partial charge in [0.1, 0.15) is 6.33 Å². The van der Waals surface area contributed by atoms with E-state index < -0.39 is 0 Å². The highest BCUT2D eigenvalue weighted by Gasteiger charge is 2.30. The lowest BCUT2D eigenvalue weighted by Gasteiger charge is -2.32. The van der Waals surface area contributed by atoms with E-state index in [4.69, 9.17) is 10.5 Å². The Kier molecular flexibility index (Phi) is 2.24. The molecule has 2 rings (SSSR count). The summed E-state index contributed by atoms with van der Waals surface area (Å²) in [6.45, 7) is 1.45. The van der Waals surface area contributed by atoms with Crippen LogP contribution in [0.3, 0.4) is 0 Å². The molecule has 0 bridgehead atoms. The Hall–Kier alpha value is -1.00. The number of nitrogens with zero attached hydrogens (tertiary/aromatic N) is 2. The topological polar surface area (TPSA) is 61.0 Å². The molecule has 0 aromatic carbocycles. The van der Waals surface area contributed by atoms with Crippen LogP contribution in [0, 0.1) is 0 Å². The van der Waals surface area contributed by atoms with E-state index in [0.29, 0.717) is 0 Å². The summed E-state index contributed by atoms with van der Waals surface area (Å²) in [6, 6.07) is 1.88. The van der Waals surface area contributed by atoms with Crippen molar-refractivity contribution < 1.29 is 4.74 Å². The molecular weight excluding hydrogens is 166 g/mol. The second kappa shape index (κ2) is 3.40. The molecule has 0 amide bonds. The summed E-state index contributed by atoms with van der Waals surface area (Å²) in [5.41, 5.74) is 6.83. The Bertz CT molecular complexity index is 269. The molecule has 4 nitrogen and oxygen atoms in total. The minimum atomic E-state index is -0.304. The quantitative estimate of drug-likeness (QED) is 0.679. The predicted octanol–water partition coefficient (Wildman–Crippen LogP) is 0.441. The normalized spacial score (nSPS) is 21.3. The molecule has 13 heavy (non-hydrogen) atoms. The van der Waals surface area contributed by atoms with Crippen molar-refractivity contribution in [1.82, 2.24) is 9.97 Å². The van der Waals surface area contributed by atoms with Crippen LogP contribution in [0.4, 0.5) is 0 Å². The SMILES string of the molecule is NC1(c2ccncn2)CCOCC1. The summed E-state index contributed by atoms with van der Waals surface area (Å²) in [7, 11) is 0. The fourth-order valence-corrected chi connectivity index (χ4v) is 1.58. The molecule has 0 atom stereocenters. The van der Waals surface area contributed by atoms with E-state index >= 15 is 0 Å². The third kappa shape index (κ3) is 1.68. The van der Waals surface area contributed by atoms with Crippen molar-refractivity contribution in [2.75, 3.05) is 13.2 Å². The van der Waals surface area contributed by atoms with E-state index in [9.17, 15) is 0 Å². The van der Waals surface area contributed by atoms with Crippen molar-refractivity contribution in [3.63, 3.8) is 0 Å². The maximum atomic E-state index is 6.21. The fourth-order valence-electron chi connectivity index (χ4n) is 1.58. The number of nitrogens with two attached hydrogens (primary N) is 1. The third-order valence-corrected chi connectivity index (χ3v) is 2.48.